The van der Waals surface area contributed by atoms with Gasteiger partial charge in [-0.1, -0.05) is 13.8 Å². The quantitative estimate of drug-likeness (QED) is 0.236. The summed E-state index contributed by atoms with van der Waals surface area (Å²) in [6, 6.07) is 11.6. The Balaban J connectivity index is 1.21. The van der Waals surface area contributed by atoms with Crippen LogP contribution in [-0.4, -0.2) is 33.5 Å². The molecule has 4 aromatic rings. The minimum absolute atomic E-state index is 0.0677. The maximum atomic E-state index is 13.7. The Morgan fingerprint density at radius 2 is 1.98 bits per heavy atom. The van der Waals surface area contributed by atoms with Gasteiger partial charge in [-0.15, -0.1) is 0 Å². The van der Waals surface area contributed by atoms with Gasteiger partial charge in [-0.05, 0) is 66.4 Å². The van der Waals surface area contributed by atoms with Crippen LogP contribution in [0.1, 0.15) is 54.3 Å². The molecule has 0 aliphatic carbocycles. The number of carbonyl (C=O) groups excluding carboxylic acids is 1. The Bertz CT molecular complexity index is 1630. The summed E-state index contributed by atoms with van der Waals surface area (Å²) in [6.07, 6.45) is 0.232. The molecule has 0 fully saturated rings. The number of pyridine rings is 1. The highest BCUT2D eigenvalue weighted by Gasteiger charge is 2.32. The summed E-state index contributed by atoms with van der Waals surface area (Å²) in [5, 5.41) is 5.96. The number of halogens is 3. The molecule has 218 valence electrons. The summed E-state index contributed by atoms with van der Waals surface area (Å²) in [7, 11) is 0. The lowest BCUT2D eigenvalue weighted by Crippen LogP contribution is -2.22. The highest BCUT2D eigenvalue weighted by atomic mass is 19.4. The number of rotatable bonds is 7. The van der Waals surface area contributed by atoms with E-state index in [1.807, 2.05) is 32.0 Å². The molecule has 1 amide bonds. The van der Waals surface area contributed by atoms with E-state index in [9.17, 15) is 18.0 Å². The zero-order valence-corrected chi connectivity index (χ0v) is 23.1. The predicted octanol–water partition coefficient (Wildman–Crippen LogP) is 6.38. The first-order chi connectivity index (χ1) is 20.1. The molecule has 1 unspecified atom stereocenters. The summed E-state index contributed by atoms with van der Waals surface area (Å²) >= 11 is 0. The summed E-state index contributed by atoms with van der Waals surface area (Å²) in [5.74, 6) is 2.96. The van der Waals surface area contributed by atoms with Gasteiger partial charge in [0.05, 0.1) is 30.0 Å². The van der Waals surface area contributed by atoms with Crippen molar-refractivity contribution in [1.29, 1.82) is 0 Å². The lowest BCUT2D eigenvalue weighted by molar-refractivity contribution is -0.137. The molecule has 0 saturated carbocycles. The molecular weight excluding hydrogens is 547 g/mol. The van der Waals surface area contributed by atoms with Crippen molar-refractivity contribution >= 4 is 11.7 Å². The number of imidazole rings is 1. The largest absolute Gasteiger partial charge is 0.493 e. The SMILES string of the molecule is CC(C)NCc1cc(-c2cnc(C3COc4ccc(Oc5ccnc6c5CCC(=O)N6)cc4C3)[nH]2)cc(C(F)(F)F)c1. The lowest BCUT2D eigenvalue weighted by atomic mass is 9.96. The molecule has 2 aromatic heterocycles. The smallest absolute Gasteiger partial charge is 0.416 e. The normalized spacial score (nSPS) is 16.4. The van der Waals surface area contributed by atoms with Crippen LogP contribution in [0.2, 0.25) is 0 Å². The molecule has 2 aliphatic rings. The number of amides is 1. The highest BCUT2D eigenvalue weighted by molar-refractivity contribution is 5.93. The van der Waals surface area contributed by atoms with Gasteiger partial charge in [0.15, 0.2) is 0 Å². The van der Waals surface area contributed by atoms with Gasteiger partial charge in [0, 0.05) is 36.3 Å². The topological polar surface area (TPSA) is 101 Å². The number of alkyl halides is 3. The van der Waals surface area contributed by atoms with Crippen molar-refractivity contribution in [2.24, 2.45) is 0 Å². The molecule has 0 spiro atoms. The first-order valence-corrected chi connectivity index (χ1v) is 13.8. The monoisotopic (exact) mass is 577 g/mol. The molecule has 0 bridgehead atoms. The van der Waals surface area contributed by atoms with Gasteiger partial charge >= 0.3 is 6.18 Å². The number of ether oxygens (including phenoxy) is 2. The van der Waals surface area contributed by atoms with E-state index >= 15 is 0 Å². The molecule has 6 rings (SSSR count). The van der Waals surface area contributed by atoms with Crippen LogP contribution in [0, 0.1) is 0 Å². The molecular formula is C31H30F3N5O3. The van der Waals surface area contributed by atoms with Crippen molar-refractivity contribution in [2.75, 3.05) is 11.9 Å². The number of carbonyl (C=O) groups is 1. The Labute approximate surface area is 240 Å². The van der Waals surface area contributed by atoms with E-state index in [4.69, 9.17) is 9.47 Å². The van der Waals surface area contributed by atoms with Gasteiger partial charge in [0.2, 0.25) is 5.91 Å². The molecule has 2 aliphatic heterocycles. The second-order valence-electron chi connectivity index (χ2n) is 10.9. The average Bonchev–Trinajstić information content (AvgIpc) is 3.46. The van der Waals surface area contributed by atoms with Crippen molar-refractivity contribution in [3.8, 4) is 28.5 Å². The van der Waals surface area contributed by atoms with Crippen LogP contribution in [-0.2, 0) is 30.4 Å². The Morgan fingerprint density at radius 1 is 1.12 bits per heavy atom. The number of anilines is 1. The van der Waals surface area contributed by atoms with E-state index in [1.54, 1.807) is 24.5 Å². The number of fused-ring (bicyclic) bond motifs is 2. The number of nitrogens with one attached hydrogen (secondary N) is 3. The predicted molar refractivity (Wildman–Crippen MR) is 151 cm³/mol. The van der Waals surface area contributed by atoms with Crippen molar-refractivity contribution in [1.82, 2.24) is 20.3 Å². The van der Waals surface area contributed by atoms with Crippen LogP contribution < -0.4 is 20.1 Å². The maximum absolute atomic E-state index is 13.7. The van der Waals surface area contributed by atoms with Crippen molar-refractivity contribution in [3.63, 3.8) is 0 Å². The van der Waals surface area contributed by atoms with Gasteiger partial charge in [0.25, 0.3) is 0 Å². The summed E-state index contributed by atoms with van der Waals surface area (Å²) < 4.78 is 53.2. The van der Waals surface area contributed by atoms with E-state index in [1.165, 1.54) is 6.07 Å². The number of benzene rings is 2. The molecule has 42 heavy (non-hydrogen) atoms. The molecule has 8 nitrogen and oxygen atoms in total. The third-order valence-electron chi connectivity index (χ3n) is 7.37. The fraction of sp³-hybridized carbons (Fsp3) is 0.323. The van der Waals surface area contributed by atoms with Gasteiger partial charge in [0.1, 0.15) is 28.9 Å². The first kappa shape index (κ1) is 27.8. The molecule has 4 heterocycles. The zero-order valence-electron chi connectivity index (χ0n) is 23.1. The number of H-pyrrole nitrogens is 1. The standard InChI is InChI=1S/C31H30F3N5O3/c1-17(2)36-14-18-9-19(12-22(10-18)31(32,33)34)25-15-37-29(38-25)21-11-20-13-23(3-5-26(20)41-16-21)42-27-7-8-35-30-24(27)4-6-28(40)39-30/h3,5,7-10,12-13,15,17,21,36H,4,6,11,14,16H2,1-2H3,(H,37,38)(H,35,39,40). The third-order valence-corrected chi connectivity index (χ3v) is 7.37. The van der Waals surface area contributed by atoms with Gasteiger partial charge < -0.3 is 25.1 Å². The minimum Gasteiger partial charge on any atom is -0.493 e. The van der Waals surface area contributed by atoms with Crippen LogP contribution in [0.5, 0.6) is 17.2 Å². The number of hydrogen-bond acceptors (Lipinski definition) is 6. The fourth-order valence-corrected chi connectivity index (χ4v) is 5.22. The van der Waals surface area contributed by atoms with Crippen molar-refractivity contribution in [2.45, 2.75) is 57.8 Å². The maximum Gasteiger partial charge on any atom is 0.416 e. The fourth-order valence-electron chi connectivity index (χ4n) is 5.22. The van der Waals surface area contributed by atoms with Crippen LogP contribution in [0.25, 0.3) is 11.3 Å². The van der Waals surface area contributed by atoms with E-state index in [0.717, 1.165) is 22.9 Å². The van der Waals surface area contributed by atoms with Gasteiger partial charge in [-0.25, -0.2) is 9.97 Å². The molecule has 0 saturated heterocycles. The minimum atomic E-state index is -4.46. The Hall–Kier alpha value is -4.38. The average molecular weight is 578 g/mol. The molecule has 2 aromatic carbocycles. The van der Waals surface area contributed by atoms with E-state index in [-0.39, 0.29) is 17.9 Å². The summed E-state index contributed by atoms with van der Waals surface area (Å²) in [4.78, 5) is 23.8. The second kappa shape index (κ2) is 11.1. The number of hydrogen-bond donors (Lipinski definition) is 3. The molecule has 3 N–H and O–H groups in total. The number of aromatic amines is 1. The van der Waals surface area contributed by atoms with Crippen LogP contribution >= 0.6 is 0 Å². The second-order valence-corrected chi connectivity index (χ2v) is 10.9. The Morgan fingerprint density at radius 3 is 2.79 bits per heavy atom. The van der Waals surface area contributed by atoms with Crippen molar-refractivity contribution in [3.05, 3.63) is 82.9 Å². The van der Waals surface area contributed by atoms with Gasteiger partial charge in [-0.2, -0.15) is 13.2 Å². The first-order valence-electron chi connectivity index (χ1n) is 13.8. The van der Waals surface area contributed by atoms with Crippen LogP contribution in [0.3, 0.4) is 0 Å². The highest BCUT2D eigenvalue weighted by Crippen LogP contribution is 2.38. The molecule has 0 radical (unpaired) electrons. The third kappa shape index (κ3) is 5.96. The molecule has 11 heteroatoms. The number of nitrogens with zero attached hydrogens (tertiary/aromatic N) is 2. The van der Waals surface area contributed by atoms with Crippen LogP contribution in [0.15, 0.2) is 54.9 Å². The molecule has 1 atom stereocenters. The van der Waals surface area contributed by atoms with Crippen LogP contribution in [0.4, 0.5) is 19.0 Å². The van der Waals surface area contributed by atoms with E-state index in [0.29, 0.717) is 72.4 Å². The summed E-state index contributed by atoms with van der Waals surface area (Å²) in [5.41, 5.74) is 2.57. The summed E-state index contributed by atoms with van der Waals surface area (Å²) in [6.45, 7) is 4.60. The zero-order chi connectivity index (χ0) is 29.4. The Kier molecular flexibility index (Phi) is 7.36. The van der Waals surface area contributed by atoms with Crippen molar-refractivity contribution < 1.29 is 27.4 Å². The van der Waals surface area contributed by atoms with Gasteiger partial charge in [-0.3, -0.25) is 4.79 Å². The van der Waals surface area contributed by atoms with E-state index in [2.05, 4.69) is 25.6 Å². The number of aromatic nitrogens is 3. The van der Waals surface area contributed by atoms with E-state index < -0.39 is 11.7 Å². The lowest BCUT2D eigenvalue weighted by Gasteiger charge is -2.25.